The van der Waals surface area contributed by atoms with Crippen LogP contribution in [0.3, 0.4) is 0 Å². The summed E-state index contributed by atoms with van der Waals surface area (Å²) in [5.41, 5.74) is -2.46. The van der Waals surface area contributed by atoms with E-state index in [1.165, 1.54) is 0 Å². The highest BCUT2D eigenvalue weighted by atomic mass is 19.4. The van der Waals surface area contributed by atoms with E-state index in [0.29, 0.717) is 6.07 Å². The summed E-state index contributed by atoms with van der Waals surface area (Å²) in [5.74, 6) is 0. The lowest BCUT2D eigenvalue weighted by atomic mass is 10.1. The second-order valence-electron chi connectivity index (χ2n) is 3.17. The zero-order chi connectivity index (χ0) is 11.9. The predicted octanol–water partition coefficient (Wildman–Crippen LogP) is 1.24. The Hall–Kier alpha value is -2.05. The van der Waals surface area contributed by atoms with Gasteiger partial charge in [0, 0.05) is 0 Å². The normalized spacial score (nSPS) is 11.9. The van der Waals surface area contributed by atoms with Crippen molar-refractivity contribution in [3.8, 4) is 0 Å². The summed E-state index contributed by atoms with van der Waals surface area (Å²) < 4.78 is 37.0. The fourth-order valence-corrected chi connectivity index (χ4v) is 1.34. The fourth-order valence-electron chi connectivity index (χ4n) is 1.34. The van der Waals surface area contributed by atoms with Gasteiger partial charge in [-0.05, 0) is 18.2 Å². The smallest absolute Gasteiger partial charge is 0.307 e. The molecule has 7 heteroatoms. The standard InChI is InChI=1S/C9H5F3N2O2/c10-9(11,12)4-1-2-6-5(3-4)7(15)14-8(16)13-6/h1-3H,(H2,13,14,15,16). The maximum atomic E-state index is 12.3. The van der Waals surface area contributed by atoms with Crippen LogP contribution in [-0.4, -0.2) is 9.97 Å². The third-order valence-corrected chi connectivity index (χ3v) is 2.07. The molecule has 16 heavy (non-hydrogen) atoms. The topological polar surface area (TPSA) is 65.7 Å². The van der Waals surface area contributed by atoms with Crippen molar-refractivity contribution in [2.24, 2.45) is 0 Å². The van der Waals surface area contributed by atoms with Gasteiger partial charge < -0.3 is 4.98 Å². The third kappa shape index (κ3) is 1.71. The highest BCUT2D eigenvalue weighted by Crippen LogP contribution is 2.29. The van der Waals surface area contributed by atoms with Crippen LogP contribution in [0.25, 0.3) is 10.9 Å². The number of rotatable bonds is 0. The second kappa shape index (κ2) is 3.22. The number of aromatic amines is 2. The summed E-state index contributed by atoms with van der Waals surface area (Å²) in [6, 6.07) is 2.55. The van der Waals surface area contributed by atoms with Crippen LogP contribution < -0.4 is 11.2 Å². The molecule has 0 spiro atoms. The van der Waals surface area contributed by atoms with E-state index in [9.17, 15) is 22.8 Å². The van der Waals surface area contributed by atoms with E-state index in [2.05, 4.69) is 4.98 Å². The van der Waals surface area contributed by atoms with Gasteiger partial charge in [0.1, 0.15) is 0 Å². The third-order valence-electron chi connectivity index (χ3n) is 2.07. The van der Waals surface area contributed by atoms with E-state index >= 15 is 0 Å². The highest BCUT2D eigenvalue weighted by Gasteiger charge is 2.30. The predicted molar refractivity (Wildman–Crippen MR) is 50.2 cm³/mol. The van der Waals surface area contributed by atoms with Gasteiger partial charge in [-0.3, -0.25) is 9.78 Å². The number of aromatic nitrogens is 2. The maximum absolute atomic E-state index is 12.3. The van der Waals surface area contributed by atoms with E-state index in [1.807, 2.05) is 4.98 Å². The van der Waals surface area contributed by atoms with Crippen LogP contribution in [-0.2, 0) is 6.18 Å². The Morgan fingerprint density at radius 1 is 1.06 bits per heavy atom. The molecule has 0 fully saturated rings. The molecule has 0 atom stereocenters. The van der Waals surface area contributed by atoms with Gasteiger partial charge in [0.15, 0.2) is 0 Å². The summed E-state index contributed by atoms with van der Waals surface area (Å²) in [7, 11) is 0. The Kier molecular flexibility index (Phi) is 2.11. The molecule has 0 unspecified atom stereocenters. The van der Waals surface area contributed by atoms with Crippen LogP contribution >= 0.6 is 0 Å². The molecule has 2 rings (SSSR count). The van der Waals surface area contributed by atoms with Gasteiger partial charge in [-0.1, -0.05) is 0 Å². The molecule has 0 aliphatic rings. The number of nitrogens with one attached hydrogen (secondary N) is 2. The molecule has 0 bridgehead atoms. The molecule has 0 saturated carbocycles. The lowest BCUT2D eigenvalue weighted by molar-refractivity contribution is -0.137. The number of hydrogen-bond donors (Lipinski definition) is 2. The fraction of sp³-hybridized carbons (Fsp3) is 0.111. The number of halogens is 3. The molecule has 1 aromatic carbocycles. The van der Waals surface area contributed by atoms with Crippen molar-refractivity contribution in [2.75, 3.05) is 0 Å². The van der Waals surface area contributed by atoms with Gasteiger partial charge in [0.05, 0.1) is 16.5 Å². The van der Waals surface area contributed by atoms with Crippen molar-refractivity contribution < 1.29 is 13.2 Å². The molecule has 2 N–H and O–H groups in total. The van der Waals surface area contributed by atoms with Gasteiger partial charge in [-0.2, -0.15) is 13.2 Å². The van der Waals surface area contributed by atoms with Crippen molar-refractivity contribution in [3.05, 3.63) is 44.6 Å². The molecule has 0 aliphatic carbocycles. The lowest BCUT2D eigenvalue weighted by Gasteiger charge is -2.06. The van der Waals surface area contributed by atoms with Gasteiger partial charge in [-0.25, -0.2) is 4.79 Å². The first-order valence-electron chi connectivity index (χ1n) is 4.21. The zero-order valence-corrected chi connectivity index (χ0v) is 7.68. The number of benzene rings is 1. The van der Waals surface area contributed by atoms with Gasteiger partial charge in [0.25, 0.3) is 5.56 Å². The van der Waals surface area contributed by atoms with E-state index in [0.717, 1.165) is 12.1 Å². The molecule has 84 valence electrons. The molecular weight excluding hydrogens is 225 g/mol. The summed E-state index contributed by atoms with van der Waals surface area (Å²) in [5, 5.41) is -0.200. The monoisotopic (exact) mass is 230 g/mol. The number of alkyl halides is 3. The van der Waals surface area contributed by atoms with Crippen LogP contribution in [0.2, 0.25) is 0 Å². The van der Waals surface area contributed by atoms with Gasteiger partial charge in [-0.15, -0.1) is 0 Å². The van der Waals surface area contributed by atoms with E-state index in [4.69, 9.17) is 0 Å². The van der Waals surface area contributed by atoms with Crippen LogP contribution in [0.1, 0.15) is 5.56 Å². The maximum Gasteiger partial charge on any atom is 0.416 e. The Labute approximate surface area is 85.7 Å². The largest absolute Gasteiger partial charge is 0.416 e. The van der Waals surface area contributed by atoms with Crippen LogP contribution in [0.4, 0.5) is 13.2 Å². The highest BCUT2D eigenvalue weighted by molar-refractivity contribution is 5.77. The van der Waals surface area contributed by atoms with Crippen molar-refractivity contribution in [1.82, 2.24) is 9.97 Å². The van der Waals surface area contributed by atoms with Crippen LogP contribution in [0.15, 0.2) is 27.8 Å². The number of fused-ring (bicyclic) bond motifs is 1. The molecule has 0 radical (unpaired) electrons. The number of H-pyrrole nitrogens is 2. The van der Waals surface area contributed by atoms with Crippen molar-refractivity contribution >= 4 is 10.9 Å². The first kappa shape index (κ1) is 10.5. The van der Waals surface area contributed by atoms with E-state index in [-0.39, 0.29) is 10.9 Å². The second-order valence-corrected chi connectivity index (χ2v) is 3.17. The Morgan fingerprint density at radius 2 is 1.75 bits per heavy atom. The Morgan fingerprint density at radius 3 is 2.38 bits per heavy atom. The first-order valence-corrected chi connectivity index (χ1v) is 4.21. The number of hydrogen-bond acceptors (Lipinski definition) is 2. The molecular formula is C9H5F3N2O2. The van der Waals surface area contributed by atoms with E-state index in [1.54, 1.807) is 0 Å². The summed E-state index contributed by atoms with van der Waals surface area (Å²) >= 11 is 0. The van der Waals surface area contributed by atoms with Crippen LogP contribution in [0, 0.1) is 0 Å². The molecule has 4 nitrogen and oxygen atoms in total. The minimum Gasteiger partial charge on any atom is -0.307 e. The van der Waals surface area contributed by atoms with Gasteiger partial charge in [0.2, 0.25) is 0 Å². The summed E-state index contributed by atoms with van der Waals surface area (Å²) in [4.78, 5) is 26.2. The molecule has 1 heterocycles. The molecule has 0 saturated heterocycles. The molecule has 0 amide bonds. The van der Waals surface area contributed by atoms with Crippen molar-refractivity contribution in [3.63, 3.8) is 0 Å². The first-order chi connectivity index (χ1) is 7.38. The Bertz CT molecular complexity index is 654. The van der Waals surface area contributed by atoms with Gasteiger partial charge >= 0.3 is 11.9 Å². The minimum absolute atomic E-state index is 0.0711. The average Bonchev–Trinajstić information content (AvgIpc) is 2.15. The van der Waals surface area contributed by atoms with Crippen molar-refractivity contribution in [1.29, 1.82) is 0 Å². The molecule has 0 aliphatic heterocycles. The lowest BCUT2D eigenvalue weighted by Crippen LogP contribution is -2.22. The zero-order valence-electron chi connectivity index (χ0n) is 7.68. The van der Waals surface area contributed by atoms with E-state index < -0.39 is 23.0 Å². The summed E-state index contributed by atoms with van der Waals surface area (Å²) in [6.07, 6.45) is -4.52. The van der Waals surface area contributed by atoms with Crippen LogP contribution in [0.5, 0.6) is 0 Å². The average molecular weight is 230 g/mol. The Balaban J connectivity index is 2.82. The SMILES string of the molecule is O=c1[nH]c(=O)c2cc(C(F)(F)F)ccc2[nH]1. The quantitative estimate of drug-likeness (QED) is 0.714. The summed E-state index contributed by atoms with van der Waals surface area (Å²) in [6.45, 7) is 0. The molecule has 2 aromatic rings. The molecule has 1 aromatic heterocycles. The minimum atomic E-state index is -4.52. The van der Waals surface area contributed by atoms with Crippen molar-refractivity contribution in [2.45, 2.75) is 6.18 Å².